The Morgan fingerprint density at radius 2 is 1.54 bits per heavy atom. The van der Waals surface area contributed by atoms with Gasteiger partial charge in [-0.2, -0.15) is 0 Å². The monoisotopic (exact) mass is 520 g/mol. The summed E-state index contributed by atoms with van der Waals surface area (Å²) in [5, 5.41) is 3.07. The fourth-order valence-corrected chi connectivity index (χ4v) is 5.86. The number of nitrogens with one attached hydrogen (secondary N) is 1. The number of hydrogen-bond acceptors (Lipinski definition) is 6. The molecule has 39 heavy (non-hydrogen) atoms. The van der Waals surface area contributed by atoms with Crippen molar-refractivity contribution in [2.75, 3.05) is 41.3 Å². The molecule has 1 saturated heterocycles. The highest BCUT2D eigenvalue weighted by Gasteiger charge is 2.19. The molecule has 1 aliphatic heterocycles. The topological polar surface area (TPSA) is 74.2 Å². The van der Waals surface area contributed by atoms with Crippen LogP contribution in [0.1, 0.15) is 44.9 Å². The van der Waals surface area contributed by atoms with E-state index >= 15 is 0 Å². The van der Waals surface area contributed by atoms with Gasteiger partial charge >= 0.3 is 0 Å². The van der Waals surface area contributed by atoms with E-state index in [0.29, 0.717) is 6.42 Å². The van der Waals surface area contributed by atoms with Crippen LogP contribution < -0.4 is 15.1 Å². The first-order valence-electron chi connectivity index (χ1n) is 14.3. The van der Waals surface area contributed by atoms with Crippen LogP contribution in [0.25, 0.3) is 22.2 Å². The zero-order chi connectivity index (χ0) is 26.4. The minimum Gasteiger partial charge on any atom is -0.368 e. The number of anilines is 3. The van der Waals surface area contributed by atoms with E-state index < -0.39 is 0 Å². The van der Waals surface area contributed by atoms with Gasteiger partial charge in [0.05, 0.1) is 17.2 Å². The van der Waals surface area contributed by atoms with Crippen molar-refractivity contribution in [3.63, 3.8) is 0 Å². The predicted molar refractivity (Wildman–Crippen MR) is 158 cm³/mol. The SMILES string of the molecule is O=C(CCC1CCCCC1)Nc1ccc(-c2ccc3ncc(N4CCN(c5ccncc5)CC4)nc3c2)cc1. The summed E-state index contributed by atoms with van der Waals surface area (Å²) >= 11 is 0. The number of carbonyl (C=O) groups is 1. The summed E-state index contributed by atoms with van der Waals surface area (Å²) in [5.74, 6) is 1.75. The van der Waals surface area contributed by atoms with Crippen molar-refractivity contribution in [1.29, 1.82) is 0 Å². The van der Waals surface area contributed by atoms with Crippen LogP contribution in [0.5, 0.6) is 0 Å². The van der Waals surface area contributed by atoms with Crippen LogP contribution in [0.4, 0.5) is 17.2 Å². The molecule has 7 nitrogen and oxygen atoms in total. The molecule has 0 atom stereocenters. The minimum absolute atomic E-state index is 0.114. The number of fused-ring (bicyclic) bond motifs is 1. The number of nitrogens with zero attached hydrogens (tertiary/aromatic N) is 5. The van der Waals surface area contributed by atoms with E-state index in [-0.39, 0.29) is 5.91 Å². The van der Waals surface area contributed by atoms with E-state index in [2.05, 4.69) is 56.5 Å². The Balaban J connectivity index is 1.09. The summed E-state index contributed by atoms with van der Waals surface area (Å²) in [6.45, 7) is 3.67. The highest BCUT2D eigenvalue weighted by atomic mass is 16.1. The van der Waals surface area contributed by atoms with E-state index in [1.54, 1.807) is 0 Å². The van der Waals surface area contributed by atoms with Crippen LogP contribution in [-0.2, 0) is 4.79 Å². The van der Waals surface area contributed by atoms with Crippen molar-refractivity contribution >= 4 is 34.1 Å². The highest BCUT2D eigenvalue weighted by molar-refractivity contribution is 5.91. The van der Waals surface area contributed by atoms with Gasteiger partial charge in [-0.15, -0.1) is 0 Å². The third kappa shape index (κ3) is 6.19. The zero-order valence-corrected chi connectivity index (χ0v) is 22.4. The number of carbonyl (C=O) groups excluding carboxylic acids is 1. The molecular weight excluding hydrogens is 484 g/mol. The molecular formula is C32H36N6O. The maximum absolute atomic E-state index is 12.5. The first kappa shape index (κ1) is 25.3. The van der Waals surface area contributed by atoms with Crippen molar-refractivity contribution in [3.8, 4) is 11.1 Å². The van der Waals surface area contributed by atoms with E-state index in [0.717, 1.165) is 72.2 Å². The van der Waals surface area contributed by atoms with Crippen LogP contribution >= 0.6 is 0 Å². The number of piperazine rings is 1. The molecule has 0 radical (unpaired) electrons. The predicted octanol–water partition coefficient (Wildman–Crippen LogP) is 6.32. The molecule has 2 aromatic heterocycles. The van der Waals surface area contributed by atoms with Crippen LogP contribution in [0.15, 0.2) is 73.2 Å². The van der Waals surface area contributed by atoms with E-state index in [9.17, 15) is 4.79 Å². The molecule has 1 aliphatic carbocycles. The number of aromatic nitrogens is 3. The summed E-state index contributed by atoms with van der Waals surface area (Å²) in [4.78, 5) is 31.0. The third-order valence-electron chi connectivity index (χ3n) is 8.17. The lowest BCUT2D eigenvalue weighted by molar-refractivity contribution is -0.116. The van der Waals surface area contributed by atoms with Crippen LogP contribution in [-0.4, -0.2) is 47.0 Å². The van der Waals surface area contributed by atoms with Gasteiger partial charge in [0.2, 0.25) is 5.91 Å². The van der Waals surface area contributed by atoms with Gasteiger partial charge in [-0.25, -0.2) is 4.98 Å². The van der Waals surface area contributed by atoms with Gasteiger partial charge in [0.1, 0.15) is 5.82 Å². The van der Waals surface area contributed by atoms with Gasteiger partial charge in [0.25, 0.3) is 0 Å². The van der Waals surface area contributed by atoms with Crippen LogP contribution in [0.2, 0.25) is 0 Å². The molecule has 1 saturated carbocycles. The summed E-state index contributed by atoms with van der Waals surface area (Å²) in [6, 6.07) is 18.5. The number of pyridine rings is 1. The lowest BCUT2D eigenvalue weighted by Gasteiger charge is -2.36. The first-order chi connectivity index (χ1) is 19.2. The average Bonchev–Trinajstić information content (AvgIpc) is 3.01. The van der Waals surface area contributed by atoms with Crippen molar-refractivity contribution < 1.29 is 4.79 Å². The fraction of sp³-hybridized carbons (Fsp3) is 0.375. The smallest absolute Gasteiger partial charge is 0.224 e. The molecule has 0 bridgehead atoms. The van der Waals surface area contributed by atoms with Gasteiger partial charge < -0.3 is 15.1 Å². The Bertz CT molecular complexity index is 1390. The highest BCUT2D eigenvalue weighted by Crippen LogP contribution is 2.28. The maximum Gasteiger partial charge on any atom is 0.224 e. The van der Waals surface area contributed by atoms with E-state index in [1.807, 2.05) is 36.8 Å². The molecule has 2 aliphatic rings. The summed E-state index contributed by atoms with van der Waals surface area (Å²) < 4.78 is 0. The molecule has 0 spiro atoms. The van der Waals surface area contributed by atoms with E-state index in [4.69, 9.17) is 9.97 Å². The van der Waals surface area contributed by atoms with Crippen molar-refractivity contribution in [1.82, 2.24) is 15.0 Å². The Morgan fingerprint density at radius 1 is 0.821 bits per heavy atom. The Morgan fingerprint density at radius 3 is 2.31 bits per heavy atom. The molecule has 7 heteroatoms. The molecule has 1 amide bonds. The second kappa shape index (κ2) is 11.8. The number of hydrogen-bond donors (Lipinski definition) is 1. The molecule has 1 N–H and O–H groups in total. The number of benzene rings is 2. The average molecular weight is 521 g/mol. The van der Waals surface area contributed by atoms with Crippen molar-refractivity contribution in [2.45, 2.75) is 44.9 Å². The molecule has 2 fully saturated rings. The van der Waals surface area contributed by atoms with Gasteiger partial charge in [0, 0.05) is 56.4 Å². The van der Waals surface area contributed by atoms with Gasteiger partial charge in [-0.1, -0.05) is 50.3 Å². The fourth-order valence-electron chi connectivity index (χ4n) is 5.86. The Kier molecular flexibility index (Phi) is 7.66. The van der Waals surface area contributed by atoms with Crippen LogP contribution in [0.3, 0.4) is 0 Å². The standard InChI is InChI=1S/C32H36N6O/c39-32(13-6-24-4-2-1-3-5-24)35-27-10-7-25(8-11-27)26-9-12-29-30(22-26)36-31(23-34-29)38-20-18-37(19-21-38)28-14-16-33-17-15-28/h7-12,14-17,22-24H,1-6,13,18-21H2,(H,35,39). The minimum atomic E-state index is 0.114. The quantitative estimate of drug-likeness (QED) is 0.308. The molecule has 2 aromatic carbocycles. The third-order valence-corrected chi connectivity index (χ3v) is 8.17. The normalized spacial score (nSPS) is 16.4. The lowest BCUT2D eigenvalue weighted by Crippen LogP contribution is -2.46. The van der Waals surface area contributed by atoms with E-state index in [1.165, 1.54) is 37.8 Å². The molecule has 200 valence electrons. The van der Waals surface area contributed by atoms with Crippen molar-refractivity contribution in [2.24, 2.45) is 5.92 Å². The second-order valence-electron chi connectivity index (χ2n) is 10.8. The molecule has 0 unspecified atom stereocenters. The van der Waals surface area contributed by atoms with Crippen LogP contribution in [0, 0.1) is 5.92 Å². The molecule has 3 heterocycles. The largest absolute Gasteiger partial charge is 0.368 e. The van der Waals surface area contributed by atoms with Gasteiger partial charge in [-0.3, -0.25) is 14.8 Å². The molecule has 4 aromatic rings. The summed E-state index contributed by atoms with van der Waals surface area (Å²) in [6.07, 6.45) is 13.7. The summed E-state index contributed by atoms with van der Waals surface area (Å²) in [5.41, 5.74) is 6.02. The van der Waals surface area contributed by atoms with Gasteiger partial charge in [0.15, 0.2) is 0 Å². The Hall–Kier alpha value is -4.00. The zero-order valence-electron chi connectivity index (χ0n) is 22.4. The lowest BCUT2D eigenvalue weighted by atomic mass is 9.86. The van der Waals surface area contributed by atoms with Gasteiger partial charge in [-0.05, 0) is 59.9 Å². The summed E-state index contributed by atoms with van der Waals surface area (Å²) in [7, 11) is 0. The molecule has 6 rings (SSSR count). The first-order valence-corrected chi connectivity index (χ1v) is 14.3. The Labute approximate surface area is 230 Å². The maximum atomic E-state index is 12.5. The number of rotatable bonds is 7. The van der Waals surface area contributed by atoms with Crippen molar-refractivity contribution in [3.05, 3.63) is 73.2 Å². The number of amides is 1. The second-order valence-corrected chi connectivity index (χ2v) is 10.8.